The average molecular weight is 193 g/mol. The van der Waals surface area contributed by atoms with E-state index in [-0.39, 0.29) is 19.2 Å². The molecule has 0 aliphatic carbocycles. The summed E-state index contributed by atoms with van der Waals surface area (Å²) in [6.07, 6.45) is -0.153. The summed E-state index contributed by atoms with van der Waals surface area (Å²) in [5, 5.41) is 0. The molecule has 0 bridgehead atoms. The first-order chi connectivity index (χ1) is 5.91. The van der Waals surface area contributed by atoms with Crippen molar-refractivity contribution in [2.24, 2.45) is 0 Å². The van der Waals surface area contributed by atoms with Gasteiger partial charge in [-0.05, 0) is 6.92 Å². The van der Waals surface area contributed by atoms with E-state index in [1.165, 1.54) is 0 Å². The molecule has 76 valence electrons. The molecule has 3 nitrogen and oxygen atoms in total. The van der Waals surface area contributed by atoms with Crippen LogP contribution in [0.25, 0.3) is 0 Å². The fourth-order valence-electron chi connectivity index (χ4n) is 1.28. The predicted molar refractivity (Wildman–Crippen MR) is 42.6 cm³/mol. The highest BCUT2D eigenvalue weighted by molar-refractivity contribution is 5.83. The summed E-state index contributed by atoms with van der Waals surface area (Å²) in [5.74, 6) is -4.38. The Balaban J connectivity index is 2.56. The molecule has 5 heteroatoms. The molecular formula is C8H13F2NO2. The Bertz CT molecular complexity index is 203. The Labute approximate surface area is 75.7 Å². The second kappa shape index (κ2) is 3.57. The van der Waals surface area contributed by atoms with E-state index in [2.05, 4.69) is 0 Å². The molecule has 1 unspecified atom stereocenters. The summed E-state index contributed by atoms with van der Waals surface area (Å²) >= 11 is 0. The van der Waals surface area contributed by atoms with E-state index in [0.29, 0.717) is 13.5 Å². The minimum atomic E-state index is -3.27. The highest BCUT2D eigenvalue weighted by atomic mass is 19.3. The predicted octanol–water partition coefficient (Wildman–Crippen LogP) is 0.889. The van der Waals surface area contributed by atoms with Crippen LogP contribution in [0.1, 0.15) is 13.8 Å². The highest BCUT2D eigenvalue weighted by Crippen LogP contribution is 2.17. The normalized spacial score (nSPS) is 24.6. The lowest BCUT2D eigenvalue weighted by Crippen LogP contribution is -2.49. The van der Waals surface area contributed by atoms with Gasteiger partial charge in [0.05, 0.1) is 12.7 Å². The maximum atomic E-state index is 12.6. The van der Waals surface area contributed by atoms with Gasteiger partial charge in [-0.3, -0.25) is 4.79 Å². The second-order valence-electron chi connectivity index (χ2n) is 3.32. The SMILES string of the molecule is CC1CN(C(=O)C(C)(F)F)CCO1. The molecule has 1 rings (SSSR count). The van der Waals surface area contributed by atoms with Crippen LogP contribution in [-0.2, 0) is 9.53 Å². The molecule has 1 amide bonds. The Hall–Kier alpha value is -0.710. The van der Waals surface area contributed by atoms with Gasteiger partial charge in [0.25, 0.3) is 5.91 Å². The topological polar surface area (TPSA) is 29.5 Å². The number of nitrogens with zero attached hydrogens (tertiary/aromatic N) is 1. The Morgan fingerprint density at radius 2 is 2.23 bits per heavy atom. The Kier molecular flexibility index (Phi) is 2.85. The van der Waals surface area contributed by atoms with E-state index in [1.54, 1.807) is 6.92 Å². The van der Waals surface area contributed by atoms with Crippen molar-refractivity contribution in [3.8, 4) is 0 Å². The molecule has 0 aromatic rings. The molecule has 13 heavy (non-hydrogen) atoms. The van der Waals surface area contributed by atoms with Crippen LogP contribution >= 0.6 is 0 Å². The first-order valence-electron chi connectivity index (χ1n) is 4.20. The number of halogens is 2. The zero-order valence-electron chi connectivity index (χ0n) is 7.72. The number of rotatable bonds is 1. The number of hydrogen-bond acceptors (Lipinski definition) is 2. The van der Waals surface area contributed by atoms with Crippen LogP contribution < -0.4 is 0 Å². The van der Waals surface area contributed by atoms with Gasteiger partial charge in [0.2, 0.25) is 0 Å². The summed E-state index contributed by atoms with van der Waals surface area (Å²) in [6, 6.07) is 0. The van der Waals surface area contributed by atoms with Crippen LogP contribution in [-0.4, -0.2) is 42.5 Å². The molecule has 1 heterocycles. The third-order valence-corrected chi connectivity index (χ3v) is 1.90. The summed E-state index contributed by atoms with van der Waals surface area (Å²) < 4.78 is 30.3. The third kappa shape index (κ3) is 2.62. The van der Waals surface area contributed by atoms with Gasteiger partial charge in [-0.1, -0.05) is 0 Å². The van der Waals surface area contributed by atoms with Crippen molar-refractivity contribution in [1.29, 1.82) is 0 Å². The van der Waals surface area contributed by atoms with E-state index in [9.17, 15) is 13.6 Å². The Morgan fingerprint density at radius 3 is 2.69 bits per heavy atom. The van der Waals surface area contributed by atoms with E-state index in [4.69, 9.17) is 4.74 Å². The van der Waals surface area contributed by atoms with Gasteiger partial charge in [-0.25, -0.2) is 0 Å². The van der Waals surface area contributed by atoms with Crippen molar-refractivity contribution in [2.45, 2.75) is 25.9 Å². The van der Waals surface area contributed by atoms with Crippen molar-refractivity contribution < 1.29 is 18.3 Å². The van der Waals surface area contributed by atoms with Crippen molar-refractivity contribution in [3.05, 3.63) is 0 Å². The molecule has 0 aromatic heterocycles. The van der Waals surface area contributed by atoms with Crippen LogP contribution in [0.4, 0.5) is 8.78 Å². The molecule has 1 atom stereocenters. The van der Waals surface area contributed by atoms with E-state index in [0.717, 1.165) is 4.90 Å². The standard InChI is InChI=1S/C8H13F2NO2/c1-6-5-11(3-4-13-6)7(12)8(2,9)10/h6H,3-5H2,1-2H3. The minimum Gasteiger partial charge on any atom is -0.375 e. The van der Waals surface area contributed by atoms with Gasteiger partial charge in [-0.15, -0.1) is 0 Å². The number of morpholine rings is 1. The lowest BCUT2D eigenvalue weighted by atomic mass is 10.2. The fraction of sp³-hybridized carbons (Fsp3) is 0.875. The largest absolute Gasteiger partial charge is 0.375 e. The monoisotopic (exact) mass is 193 g/mol. The van der Waals surface area contributed by atoms with E-state index >= 15 is 0 Å². The van der Waals surface area contributed by atoms with Crippen LogP contribution in [0.15, 0.2) is 0 Å². The fourth-order valence-corrected chi connectivity index (χ4v) is 1.28. The van der Waals surface area contributed by atoms with E-state index in [1.807, 2.05) is 0 Å². The average Bonchev–Trinajstić information content (AvgIpc) is 2.01. The quantitative estimate of drug-likeness (QED) is 0.619. The summed E-state index contributed by atoms with van der Waals surface area (Å²) in [6.45, 7) is 3.22. The third-order valence-electron chi connectivity index (χ3n) is 1.90. The molecule has 0 radical (unpaired) electrons. The maximum absolute atomic E-state index is 12.6. The van der Waals surface area contributed by atoms with Gasteiger partial charge >= 0.3 is 5.92 Å². The maximum Gasteiger partial charge on any atom is 0.322 e. The van der Waals surface area contributed by atoms with Gasteiger partial charge in [0, 0.05) is 20.0 Å². The number of amides is 1. The molecule has 1 fully saturated rings. The van der Waals surface area contributed by atoms with Gasteiger partial charge in [0.1, 0.15) is 0 Å². The highest BCUT2D eigenvalue weighted by Gasteiger charge is 2.37. The molecule has 0 N–H and O–H groups in total. The second-order valence-corrected chi connectivity index (χ2v) is 3.32. The van der Waals surface area contributed by atoms with Crippen molar-refractivity contribution in [1.82, 2.24) is 4.90 Å². The lowest BCUT2D eigenvalue weighted by Gasteiger charge is -2.32. The van der Waals surface area contributed by atoms with Crippen molar-refractivity contribution in [2.75, 3.05) is 19.7 Å². The zero-order chi connectivity index (χ0) is 10.1. The number of hydrogen-bond donors (Lipinski definition) is 0. The summed E-state index contributed by atoms with van der Waals surface area (Å²) in [5.41, 5.74) is 0. The molecule has 0 spiro atoms. The van der Waals surface area contributed by atoms with Gasteiger partial charge < -0.3 is 9.64 Å². The molecule has 0 saturated carbocycles. The van der Waals surface area contributed by atoms with Gasteiger partial charge in [0.15, 0.2) is 0 Å². The van der Waals surface area contributed by atoms with E-state index < -0.39 is 11.8 Å². The zero-order valence-corrected chi connectivity index (χ0v) is 7.72. The number of carbonyl (C=O) groups excluding carboxylic acids is 1. The number of carbonyl (C=O) groups is 1. The smallest absolute Gasteiger partial charge is 0.322 e. The first-order valence-corrected chi connectivity index (χ1v) is 4.20. The van der Waals surface area contributed by atoms with Crippen LogP contribution in [0.2, 0.25) is 0 Å². The molecule has 1 saturated heterocycles. The first kappa shape index (κ1) is 10.4. The number of alkyl halides is 2. The Morgan fingerprint density at radius 1 is 1.62 bits per heavy atom. The molecule has 1 aliphatic rings. The minimum absolute atomic E-state index is 0.153. The van der Waals surface area contributed by atoms with Crippen molar-refractivity contribution in [3.63, 3.8) is 0 Å². The van der Waals surface area contributed by atoms with Crippen molar-refractivity contribution >= 4 is 5.91 Å². The lowest BCUT2D eigenvalue weighted by molar-refractivity contribution is -0.161. The molecule has 1 aliphatic heterocycles. The van der Waals surface area contributed by atoms with Crippen LogP contribution in [0.3, 0.4) is 0 Å². The molecule has 0 aromatic carbocycles. The van der Waals surface area contributed by atoms with Crippen LogP contribution in [0, 0.1) is 0 Å². The number of ether oxygens (including phenoxy) is 1. The van der Waals surface area contributed by atoms with Crippen LogP contribution in [0.5, 0.6) is 0 Å². The summed E-state index contributed by atoms with van der Waals surface area (Å²) in [7, 11) is 0. The molecular weight excluding hydrogens is 180 g/mol. The summed E-state index contributed by atoms with van der Waals surface area (Å²) in [4.78, 5) is 12.2. The van der Waals surface area contributed by atoms with Gasteiger partial charge in [-0.2, -0.15) is 8.78 Å².